The van der Waals surface area contributed by atoms with Crippen molar-refractivity contribution in [3.63, 3.8) is 0 Å². The number of halogens is 1. The average Bonchev–Trinajstić information content (AvgIpc) is 2.81. The molecule has 2 N–H and O–H groups in total. The highest BCUT2D eigenvalue weighted by atomic mass is 79.9. The third kappa shape index (κ3) is 3.13. The van der Waals surface area contributed by atoms with Gasteiger partial charge in [0, 0.05) is 22.4 Å². The van der Waals surface area contributed by atoms with Crippen LogP contribution in [0.2, 0.25) is 0 Å². The number of benzene rings is 1. The van der Waals surface area contributed by atoms with Crippen LogP contribution in [0.25, 0.3) is 0 Å². The molecule has 1 aromatic heterocycles. The van der Waals surface area contributed by atoms with Gasteiger partial charge in [0.1, 0.15) is 0 Å². The molecule has 0 spiro atoms. The standard InChI is InChI=1S/C14H17BrN2S/c1-10(16)11-5-6-14(13(15)8-11)17(2)9-12-4-3-7-18-12/h3-8,10H,9,16H2,1-2H3/t10-/m1/s1. The summed E-state index contributed by atoms with van der Waals surface area (Å²) >= 11 is 5.41. The highest BCUT2D eigenvalue weighted by Crippen LogP contribution is 2.29. The molecule has 2 aromatic rings. The Kier molecular flexibility index (Phi) is 4.43. The van der Waals surface area contributed by atoms with Crippen molar-refractivity contribution in [2.75, 3.05) is 11.9 Å². The van der Waals surface area contributed by atoms with E-state index in [-0.39, 0.29) is 6.04 Å². The maximum absolute atomic E-state index is 5.89. The van der Waals surface area contributed by atoms with Crippen LogP contribution in [0.4, 0.5) is 5.69 Å². The second-order valence-corrected chi connectivity index (χ2v) is 6.32. The van der Waals surface area contributed by atoms with Gasteiger partial charge < -0.3 is 10.6 Å². The van der Waals surface area contributed by atoms with Gasteiger partial charge >= 0.3 is 0 Å². The Morgan fingerprint density at radius 1 is 1.39 bits per heavy atom. The SMILES string of the molecule is C[C@@H](N)c1ccc(N(C)Cc2cccs2)c(Br)c1. The summed E-state index contributed by atoms with van der Waals surface area (Å²) in [6, 6.07) is 10.6. The fraction of sp³-hybridized carbons (Fsp3) is 0.286. The monoisotopic (exact) mass is 324 g/mol. The highest BCUT2D eigenvalue weighted by molar-refractivity contribution is 9.10. The third-order valence-electron chi connectivity index (χ3n) is 2.88. The molecule has 0 bridgehead atoms. The lowest BCUT2D eigenvalue weighted by molar-refractivity contribution is 0.816. The number of hydrogen-bond donors (Lipinski definition) is 1. The van der Waals surface area contributed by atoms with Gasteiger partial charge in [-0.1, -0.05) is 12.1 Å². The van der Waals surface area contributed by atoms with E-state index in [0.717, 1.165) is 16.6 Å². The van der Waals surface area contributed by atoms with Crippen molar-refractivity contribution in [3.8, 4) is 0 Å². The van der Waals surface area contributed by atoms with Gasteiger partial charge in [-0.3, -0.25) is 0 Å². The number of thiophene rings is 1. The number of hydrogen-bond acceptors (Lipinski definition) is 3. The molecule has 0 aliphatic carbocycles. The lowest BCUT2D eigenvalue weighted by atomic mass is 10.1. The summed E-state index contributed by atoms with van der Waals surface area (Å²) in [5.74, 6) is 0. The quantitative estimate of drug-likeness (QED) is 0.914. The van der Waals surface area contributed by atoms with Crippen LogP contribution in [0.15, 0.2) is 40.2 Å². The molecule has 1 atom stereocenters. The normalized spacial score (nSPS) is 12.4. The van der Waals surface area contributed by atoms with Crippen molar-refractivity contribution >= 4 is 33.0 Å². The van der Waals surface area contributed by atoms with E-state index < -0.39 is 0 Å². The number of rotatable bonds is 4. The molecule has 2 rings (SSSR count). The molecule has 0 unspecified atom stereocenters. The summed E-state index contributed by atoms with van der Waals surface area (Å²) in [6.45, 7) is 2.92. The van der Waals surface area contributed by atoms with E-state index in [0.29, 0.717) is 0 Å². The fourth-order valence-electron chi connectivity index (χ4n) is 1.84. The van der Waals surface area contributed by atoms with Gasteiger partial charge in [0.25, 0.3) is 0 Å². The zero-order valence-electron chi connectivity index (χ0n) is 10.6. The van der Waals surface area contributed by atoms with Crippen LogP contribution in [0.5, 0.6) is 0 Å². The summed E-state index contributed by atoms with van der Waals surface area (Å²) in [4.78, 5) is 3.60. The van der Waals surface area contributed by atoms with Crippen molar-refractivity contribution in [1.29, 1.82) is 0 Å². The molecule has 0 saturated carbocycles. The first-order valence-electron chi connectivity index (χ1n) is 5.86. The molecule has 2 nitrogen and oxygen atoms in total. The summed E-state index contributed by atoms with van der Waals surface area (Å²) in [6.07, 6.45) is 0. The van der Waals surface area contributed by atoms with Gasteiger partial charge in [0.05, 0.1) is 12.2 Å². The zero-order chi connectivity index (χ0) is 13.1. The number of nitrogens with two attached hydrogens (primary N) is 1. The summed E-state index contributed by atoms with van der Waals surface area (Å²) in [7, 11) is 2.10. The third-order valence-corrected chi connectivity index (χ3v) is 4.38. The van der Waals surface area contributed by atoms with Crippen molar-refractivity contribution in [3.05, 3.63) is 50.6 Å². The van der Waals surface area contributed by atoms with Gasteiger partial charge in [-0.2, -0.15) is 0 Å². The Hall–Kier alpha value is -0.840. The molecule has 1 heterocycles. The molecule has 0 radical (unpaired) electrons. The van der Waals surface area contributed by atoms with E-state index in [9.17, 15) is 0 Å². The predicted octanol–water partition coefficient (Wildman–Crippen LogP) is 4.17. The molecule has 4 heteroatoms. The highest BCUT2D eigenvalue weighted by Gasteiger charge is 2.09. The van der Waals surface area contributed by atoms with E-state index in [1.54, 1.807) is 11.3 Å². The number of nitrogens with zero attached hydrogens (tertiary/aromatic N) is 1. The summed E-state index contributed by atoms with van der Waals surface area (Å²) in [5, 5.41) is 2.11. The molecule has 1 aromatic carbocycles. The smallest absolute Gasteiger partial charge is 0.0519 e. The fourth-order valence-corrected chi connectivity index (χ4v) is 3.29. The molecule has 0 fully saturated rings. The minimum Gasteiger partial charge on any atom is -0.369 e. The molecule has 0 aliphatic rings. The maximum atomic E-state index is 5.89. The molecule has 0 amide bonds. The summed E-state index contributed by atoms with van der Waals surface area (Å²) < 4.78 is 1.09. The van der Waals surface area contributed by atoms with Crippen molar-refractivity contribution in [2.45, 2.75) is 19.5 Å². The second kappa shape index (κ2) is 5.87. The van der Waals surface area contributed by atoms with Gasteiger partial charge in [0.15, 0.2) is 0 Å². The van der Waals surface area contributed by atoms with E-state index in [4.69, 9.17) is 5.73 Å². The van der Waals surface area contributed by atoms with Crippen LogP contribution in [-0.2, 0) is 6.54 Å². The van der Waals surface area contributed by atoms with E-state index in [1.165, 1.54) is 10.6 Å². The Morgan fingerprint density at radius 2 is 2.17 bits per heavy atom. The first-order chi connectivity index (χ1) is 8.58. The van der Waals surface area contributed by atoms with Gasteiger partial charge in [-0.25, -0.2) is 0 Å². The van der Waals surface area contributed by atoms with Gasteiger partial charge in [0.2, 0.25) is 0 Å². The topological polar surface area (TPSA) is 29.3 Å². The van der Waals surface area contributed by atoms with E-state index in [1.807, 2.05) is 6.92 Å². The van der Waals surface area contributed by atoms with Crippen molar-refractivity contribution in [2.24, 2.45) is 5.73 Å². The lowest BCUT2D eigenvalue weighted by Crippen LogP contribution is -2.16. The second-order valence-electron chi connectivity index (χ2n) is 4.43. The first-order valence-corrected chi connectivity index (χ1v) is 7.53. The summed E-state index contributed by atoms with van der Waals surface area (Å²) in [5.41, 5.74) is 8.22. The molecule has 0 aliphatic heterocycles. The Bertz CT molecular complexity index is 509. The molecule has 18 heavy (non-hydrogen) atoms. The van der Waals surface area contributed by atoms with Crippen LogP contribution in [-0.4, -0.2) is 7.05 Å². The van der Waals surface area contributed by atoms with Crippen LogP contribution >= 0.6 is 27.3 Å². The molecular weight excluding hydrogens is 308 g/mol. The number of anilines is 1. The molecular formula is C14H17BrN2S. The largest absolute Gasteiger partial charge is 0.369 e. The van der Waals surface area contributed by atoms with Gasteiger partial charge in [-0.05, 0) is 52.0 Å². The minimum atomic E-state index is 0.0675. The van der Waals surface area contributed by atoms with Crippen LogP contribution in [0, 0.1) is 0 Å². The van der Waals surface area contributed by atoms with E-state index in [2.05, 4.69) is 63.6 Å². The minimum absolute atomic E-state index is 0.0675. The molecule has 0 saturated heterocycles. The lowest BCUT2D eigenvalue weighted by Gasteiger charge is -2.21. The average molecular weight is 325 g/mol. The zero-order valence-corrected chi connectivity index (χ0v) is 13.0. The maximum Gasteiger partial charge on any atom is 0.0519 e. The Labute approximate surface area is 121 Å². The molecule has 96 valence electrons. The van der Waals surface area contributed by atoms with Gasteiger partial charge in [-0.15, -0.1) is 11.3 Å². The first kappa shape index (κ1) is 13.6. The predicted molar refractivity (Wildman–Crippen MR) is 83.2 cm³/mol. The Morgan fingerprint density at radius 3 is 2.72 bits per heavy atom. The van der Waals surface area contributed by atoms with Crippen LogP contribution in [0.1, 0.15) is 23.4 Å². The Balaban J connectivity index is 2.17. The van der Waals surface area contributed by atoms with Crippen molar-refractivity contribution in [1.82, 2.24) is 0 Å². The van der Waals surface area contributed by atoms with Crippen LogP contribution in [0.3, 0.4) is 0 Å². The van der Waals surface area contributed by atoms with Crippen LogP contribution < -0.4 is 10.6 Å². The van der Waals surface area contributed by atoms with E-state index >= 15 is 0 Å². The van der Waals surface area contributed by atoms with Crippen molar-refractivity contribution < 1.29 is 0 Å².